The van der Waals surface area contributed by atoms with E-state index in [9.17, 15) is 44.5 Å². The van der Waals surface area contributed by atoms with Gasteiger partial charge in [-0.3, -0.25) is 18.9 Å². The van der Waals surface area contributed by atoms with Crippen LogP contribution in [-0.4, -0.2) is 75.0 Å². The number of aliphatic hydroxyl groups is 4. The molecule has 0 heterocycles. The first-order valence-corrected chi connectivity index (χ1v) is 16.6. The summed E-state index contributed by atoms with van der Waals surface area (Å²) >= 11 is 0. The Bertz CT molecular complexity index is 1740. The number of nitrogens with one attached hydrogen (secondary N) is 1. The predicted molar refractivity (Wildman–Crippen MR) is 168 cm³/mol. The molecule has 15 heteroatoms. The number of methoxy groups -OCH3 is 1. The van der Waals surface area contributed by atoms with Gasteiger partial charge in [0.25, 0.3) is 5.91 Å². The zero-order valence-corrected chi connectivity index (χ0v) is 27.0. The highest BCUT2D eigenvalue weighted by molar-refractivity contribution is 7.54. The molecule has 0 aliphatic heterocycles. The fourth-order valence-electron chi connectivity index (χ4n) is 6.94. The summed E-state index contributed by atoms with van der Waals surface area (Å²) in [5.41, 5.74) is 1.30. The van der Waals surface area contributed by atoms with Gasteiger partial charge >= 0.3 is 7.60 Å². The second kappa shape index (κ2) is 12.4. The number of ketones is 2. The number of amides is 1. The molecule has 5 rings (SSSR count). The normalized spacial score (nSPS) is 26.3. The fourth-order valence-corrected chi connectivity index (χ4v) is 8.87. The van der Waals surface area contributed by atoms with Gasteiger partial charge in [0.15, 0.2) is 17.2 Å². The smallest absolute Gasteiger partial charge is 0.357 e. The van der Waals surface area contributed by atoms with Gasteiger partial charge in [0.1, 0.15) is 28.6 Å². The molecule has 0 radical (unpaired) electrons. The number of anilines is 1. The lowest BCUT2D eigenvalue weighted by Crippen LogP contribution is -2.63. The van der Waals surface area contributed by atoms with Crippen LogP contribution in [0.1, 0.15) is 55.6 Å². The standard InChI is InChI=1S/C32H37N2O12P/c1-5-45-47(43,46-6-2)31(15-7-9-16(44-4)10-8-15)34-19-12-11-17-14(3)21-24(27(38)22(17)26(19)37)29(40)32(42)18(25(21)36)13-20(35)23(28(32)39)30(33)41/h7-12,14,18,21,25,31,34,36-39,42H,5-6,13H2,1-4H3,(H2,33,41). The predicted octanol–water partition coefficient (Wildman–Crippen LogP) is 3.34. The molecule has 2 aromatic rings. The summed E-state index contributed by atoms with van der Waals surface area (Å²) in [6.07, 6.45) is -2.32. The number of aliphatic hydroxyl groups excluding tert-OH is 3. The minimum Gasteiger partial charge on any atom is -0.508 e. The lowest BCUT2D eigenvalue weighted by Gasteiger charge is -2.50. The molecule has 0 spiro atoms. The van der Waals surface area contributed by atoms with Crippen molar-refractivity contribution in [2.75, 3.05) is 25.6 Å². The van der Waals surface area contributed by atoms with E-state index in [-0.39, 0.29) is 24.5 Å². The highest BCUT2D eigenvalue weighted by Crippen LogP contribution is 2.62. The largest absolute Gasteiger partial charge is 0.508 e. The molecule has 1 amide bonds. The number of aromatic hydroxyl groups is 1. The molecule has 0 saturated heterocycles. The van der Waals surface area contributed by atoms with Crippen molar-refractivity contribution in [3.63, 3.8) is 0 Å². The first-order chi connectivity index (χ1) is 22.2. The van der Waals surface area contributed by atoms with Gasteiger partial charge in [0.05, 0.1) is 37.7 Å². The quantitative estimate of drug-likeness (QED) is 0.109. The second-order valence-electron chi connectivity index (χ2n) is 11.6. The number of primary amides is 1. The SMILES string of the molecule is CCOP(=O)(OCC)C(Nc1ccc2c(c1O)C(O)=C1C(=O)C3(O)C(O)=C(C(N)=O)C(=O)CC3C(O)C1C2C)c1ccc(OC)cc1. The number of carbonyl (C=O) groups is 3. The number of rotatable bonds is 10. The van der Waals surface area contributed by atoms with Gasteiger partial charge in [0.2, 0.25) is 5.78 Å². The maximum atomic E-state index is 14.1. The fraction of sp³-hybridized carbons (Fsp3) is 0.406. The summed E-state index contributed by atoms with van der Waals surface area (Å²) < 4.78 is 30.6. The Balaban J connectivity index is 1.66. The lowest BCUT2D eigenvalue weighted by atomic mass is 9.55. The van der Waals surface area contributed by atoms with Crippen LogP contribution >= 0.6 is 7.60 Å². The number of hydrogen-bond acceptors (Lipinski definition) is 13. The van der Waals surface area contributed by atoms with Crippen molar-refractivity contribution >= 4 is 36.5 Å². The van der Waals surface area contributed by atoms with E-state index in [1.165, 1.54) is 13.2 Å². The van der Waals surface area contributed by atoms with Crippen molar-refractivity contribution in [1.82, 2.24) is 0 Å². The van der Waals surface area contributed by atoms with Crippen molar-refractivity contribution < 1.29 is 58.3 Å². The number of phenols is 1. The third kappa shape index (κ3) is 5.20. The molecule has 1 saturated carbocycles. The van der Waals surface area contributed by atoms with Crippen LogP contribution in [0, 0.1) is 11.8 Å². The molecule has 0 aromatic heterocycles. The van der Waals surface area contributed by atoms with Crippen LogP contribution in [0.5, 0.6) is 11.5 Å². The molecular weight excluding hydrogens is 635 g/mol. The summed E-state index contributed by atoms with van der Waals surface area (Å²) in [6, 6.07) is 9.56. The first-order valence-electron chi connectivity index (χ1n) is 15.0. The van der Waals surface area contributed by atoms with E-state index < -0.39 is 95.1 Å². The van der Waals surface area contributed by atoms with E-state index in [0.717, 1.165) is 0 Å². The molecule has 0 bridgehead atoms. The lowest BCUT2D eigenvalue weighted by molar-refractivity contribution is -0.160. The van der Waals surface area contributed by atoms with E-state index in [1.807, 2.05) is 0 Å². The number of carbonyl (C=O) groups excluding carboxylic acids is 3. The molecule has 47 heavy (non-hydrogen) atoms. The van der Waals surface area contributed by atoms with Crippen molar-refractivity contribution in [2.24, 2.45) is 17.6 Å². The number of hydrogen-bond donors (Lipinski definition) is 7. The minimum absolute atomic E-state index is 0.0340. The monoisotopic (exact) mass is 672 g/mol. The maximum absolute atomic E-state index is 14.1. The Labute approximate surface area is 270 Å². The third-order valence-electron chi connectivity index (χ3n) is 9.16. The summed E-state index contributed by atoms with van der Waals surface area (Å²) in [4.78, 5) is 38.6. The van der Waals surface area contributed by atoms with Gasteiger partial charge in [-0.25, -0.2) is 0 Å². The first kappa shape index (κ1) is 34.1. The van der Waals surface area contributed by atoms with E-state index in [4.69, 9.17) is 19.5 Å². The van der Waals surface area contributed by atoms with Gasteiger partial charge in [-0.15, -0.1) is 0 Å². The summed E-state index contributed by atoms with van der Waals surface area (Å²) in [7, 11) is -2.47. The molecule has 2 aromatic carbocycles. The van der Waals surface area contributed by atoms with Crippen LogP contribution in [0.4, 0.5) is 5.69 Å². The van der Waals surface area contributed by atoms with Gasteiger partial charge in [0, 0.05) is 23.8 Å². The van der Waals surface area contributed by atoms with Gasteiger partial charge in [-0.1, -0.05) is 25.1 Å². The van der Waals surface area contributed by atoms with Gasteiger partial charge in [-0.05, 0) is 49.1 Å². The number of Topliss-reactive ketones (excluding diaryl/α,β-unsaturated/α-hetero) is 2. The molecule has 6 atom stereocenters. The summed E-state index contributed by atoms with van der Waals surface area (Å²) in [6.45, 7) is 4.98. The Morgan fingerprint density at radius 1 is 1.09 bits per heavy atom. The number of fused-ring (bicyclic) bond motifs is 3. The molecule has 1 fully saturated rings. The van der Waals surface area contributed by atoms with Crippen LogP contribution in [-0.2, 0) is 28.0 Å². The molecule has 3 aliphatic rings. The van der Waals surface area contributed by atoms with Crippen LogP contribution in [0.25, 0.3) is 5.76 Å². The number of ether oxygens (including phenoxy) is 1. The molecule has 6 unspecified atom stereocenters. The van der Waals surface area contributed by atoms with Gasteiger partial charge < -0.3 is 50.4 Å². The second-order valence-corrected chi connectivity index (χ2v) is 13.7. The van der Waals surface area contributed by atoms with Crippen molar-refractivity contribution in [2.45, 2.75) is 50.6 Å². The average molecular weight is 673 g/mol. The molecule has 8 N–H and O–H groups in total. The minimum atomic E-state index is -3.97. The van der Waals surface area contributed by atoms with Crippen LogP contribution in [0.2, 0.25) is 0 Å². The summed E-state index contributed by atoms with van der Waals surface area (Å²) in [5.74, 6) is -10.4. The number of phenolic OH excluding ortho intramolecular Hbond substituents is 1. The number of benzene rings is 2. The van der Waals surface area contributed by atoms with Crippen LogP contribution in [0.15, 0.2) is 53.3 Å². The van der Waals surface area contributed by atoms with E-state index >= 15 is 0 Å². The zero-order chi connectivity index (χ0) is 34.6. The van der Waals surface area contributed by atoms with E-state index in [1.54, 1.807) is 51.1 Å². The molecule has 14 nitrogen and oxygen atoms in total. The van der Waals surface area contributed by atoms with E-state index in [2.05, 4.69) is 5.32 Å². The Morgan fingerprint density at radius 2 is 1.70 bits per heavy atom. The highest BCUT2D eigenvalue weighted by Gasteiger charge is 2.65. The van der Waals surface area contributed by atoms with Crippen LogP contribution < -0.4 is 15.8 Å². The average Bonchev–Trinajstić information content (AvgIpc) is 3.02. The van der Waals surface area contributed by atoms with E-state index in [0.29, 0.717) is 16.9 Å². The molecule has 252 valence electrons. The maximum Gasteiger partial charge on any atom is 0.357 e. The molecular formula is C32H37N2O12P. The Morgan fingerprint density at radius 3 is 2.26 bits per heavy atom. The zero-order valence-electron chi connectivity index (χ0n) is 26.1. The Hall–Kier alpha value is -4.20. The van der Waals surface area contributed by atoms with Crippen molar-refractivity contribution in [3.8, 4) is 11.5 Å². The van der Waals surface area contributed by atoms with Crippen molar-refractivity contribution in [1.29, 1.82) is 0 Å². The molecule has 3 aliphatic carbocycles. The topological polar surface area (TPSA) is 235 Å². The highest BCUT2D eigenvalue weighted by atomic mass is 31.2. The van der Waals surface area contributed by atoms with Gasteiger partial charge in [-0.2, -0.15) is 0 Å². The number of nitrogens with two attached hydrogens (primary N) is 1. The third-order valence-corrected chi connectivity index (χ3v) is 11.5. The Kier molecular flexibility index (Phi) is 9.03. The van der Waals surface area contributed by atoms with Crippen LogP contribution in [0.3, 0.4) is 0 Å². The van der Waals surface area contributed by atoms with Crippen molar-refractivity contribution in [3.05, 3.63) is 70.0 Å². The summed E-state index contributed by atoms with van der Waals surface area (Å²) in [5, 5.41) is 60.1.